The smallest absolute Gasteiger partial charge is 0.264 e. The minimum atomic E-state index is -3.98. The Morgan fingerprint density at radius 1 is 1.00 bits per heavy atom. The van der Waals surface area contributed by atoms with Crippen molar-refractivity contribution >= 4 is 21.6 Å². The van der Waals surface area contributed by atoms with Crippen molar-refractivity contribution in [3.05, 3.63) is 102 Å². The maximum absolute atomic E-state index is 13.6. The Kier molecular flexibility index (Phi) is 6.00. The lowest BCUT2D eigenvalue weighted by Crippen LogP contribution is -2.20. The molecule has 0 aliphatic carbocycles. The first-order valence-corrected chi connectivity index (χ1v) is 13.8. The molecule has 0 fully saturated rings. The molecule has 0 bridgehead atoms. The second-order valence-electron chi connectivity index (χ2n) is 9.33. The Morgan fingerprint density at radius 2 is 1.82 bits per heavy atom. The number of benzene rings is 3. The van der Waals surface area contributed by atoms with Gasteiger partial charge in [-0.25, -0.2) is 18.1 Å². The maximum atomic E-state index is 13.6. The molecule has 0 spiro atoms. The van der Waals surface area contributed by atoms with Crippen molar-refractivity contribution in [1.82, 2.24) is 10.1 Å². The Balaban J connectivity index is 1.45. The largest absolute Gasteiger partial charge is 0.445 e. The number of aryl methyl sites for hydroxylation is 1. The van der Waals surface area contributed by atoms with Gasteiger partial charge in [0.1, 0.15) is 6.26 Å². The summed E-state index contributed by atoms with van der Waals surface area (Å²) < 4.78 is 40.6. The van der Waals surface area contributed by atoms with Crippen LogP contribution in [0.1, 0.15) is 22.4 Å². The molecule has 0 saturated carbocycles. The minimum absolute atomic E-state index is 0.116. The molecule has 9 heteroatoms. The normalized spacial score (nSPS) is 13.1. The molecule has 38 heavy (non-hydrogen) atoms. The van der Waals surface area contributed by atoms with Crippen molar-refractivity contribution < 1.29 is 17.4 Å². The van der Waals surface area contributed by atoms with Gasteiger partial charge in [0.15, 0.2) is 0 Å². The van der Waals surface area contributed by atoms with E-state index in [1.54, 1.807) is 38.4 Å². The first-order chi connectivity index (χ1) is 18.4. The van der Waals surface area contributed by atoms with E-state index in [0.717, 1.165) is 29.7 Å². The van der Waals surface area contributed by atoms with E-state index in [4.69, 9.17) is 8.94 Å². The van der Waals surface area contributed by atoms with E-state index in [-0.39, 0.29) is 10.8 Å². The number of oxazole rings is 1. The molecule has 0 unspecified atom stereocenters. The van der Waals surface area contributed by atoms with Crippen LogP contribution in [0.5, 0.6) is 0 Å². The van der Waals surface area contributed by atoms with Gasteiger partial charge in [-0.1, -0.05) is 47.6 Å². The molecular weight excluding hydrogens is 500 g/mol. The van der Waals surface area contributed by atoms with Gasteiger partial charge in [-0.3, -0.25) is 0 Å². The molecule has 1 aliphatic rings. The van der Waals surface area contributed by atoms with Gasteiger partial charge in [0, 0.05) is 35.5 Å². The molecule has 0 amide bonds. The average Bonchev–Trinajstić information content (AvgIpc) is 3.67. The van der Waals surface area contributed by atoms with Gasteiger partial charge in [-0.2, -0.15) is 0 Å². The lowest BCUT2D eigenvalue weighted by molar-refractivity contribution is 0.430. The number of hydrogen-bond donors (Lipinski definition) is 1. The summed E-state index contributed by atoms with van der Waals surface area (Å²) in [4.78, 5) is 6.79. The van der Waals surface area contributed by atoms with Crippen LogP contribution in [0.15, 0.2) is 93.0 Å². The van der Waals surface area contributed by atoms with E-state index < -0.39 is 10.0 Å². The lowest BCUT2D eigenvalue weighted by Gasteiger charge is -2.22. The molecule has 3 heterocycles. The number of nitrogens with zero attached hydrogens (tertiary/aromatic N) is 3. The third-order valence-corrected chi connectivity index (χ3v) is 8.37. The van der Waals surface area contributed by atoms with Gasteiger partial charge < -0.3 is 13.8 Å². The van der Waals surface area contributed by atoms with Crippen LogP contribution >= 0.6 is 0 Å². The summed E-state index contributed by atoms with van der Waals surface area (Å²) in [5.41, 5.74) is 6.98. The molecule has 1 aliphatic heterocycles. The minimum Gasteiger partial charge on any atom is -0.445 e. The van der Waals surface area contributed by atoms with E-state index in [1.807, 2.05) is 36.4 Å². The quantitative estimate of drug-likeness (QED) is 0.278. The van der Waals surface area contributed by atoms with E-state index >= 15 is 0 Å². The third-order valence-electron chi connectivity index (χ3n) is 6.98. The van der Waals surface area contributed by atoms with Gasteiger partial charge in [0.2, 0.25) is 11.8 Å². The van der Waals surface area contributed by atoms with Gasteiger partial charge in [0.25, 0.3) is 10.0 Å². The van der Waals surface area contributed by atoms with Crippen LogP contribution in [0.4, 0.5) is 11.6 Å². The van der Waals surface area contributed by atoms with Crippen LogP contribution in [-0.2, 0) is 23.0 Å². The molecule has 5 aromatic rings. The standard InChI is InChI=1S/C29H26N4O4S/c1-19-20(2)31-37-28(19)32-38(34,35)27-10-6-4-8-25(27)24-12-11-22(29-30-14-16-36-29)17-23(24)18-33-15-13-21-7-3-5-9-26(21)33/h3-12,14,16-17,32H,13,15,18H2,1-2H3. The third kappa shape index (κ3) is 4.35. The molecule has 3 aromatic carbocycles. The fourth-order valence-electron chi connectivity index (χ4n) is 4.87. The van der Waals surface area contributed by atoms with Crippen molar-refractivity contribution in [2.45, 2.75) is 31.7 Å². The summed E-state index contributed by atoms with van der Waals surface area (Å²) in [7, 11) is -3.98. The van der Waals surface area contributed by atoms with Crippen LogP contribution in [0, 0.1) is 13.8 Å². The van der Waals surface area contributed by atoms with Crippen molar-refractivity contribution in [2.75, 3.05) is 16.2 Å². The fourth-order valence-corrected chi connectivity index (χ4v) is 6.14. The van der Waals surface area contributed by atoms with E-state index in [1.165, 1.54) is 11.3 Å². The highest BCUT2D eigenvalue weighted by Crippen LogP contribution is 2.37. The number of rotatable bonds is 7. The Morgan fingerprint density at radius 3 is 2.61 bits per heavy atom. The summed E-state index contributed by atoms with van der Waals surface area (Å²) >= 11 is 0. The van der Waals surface area contributed by atoms with Crippen molar-refractivity contribution in [1.29, 1.82) is 0 Å². The maximum Gasteiger partial charge on any atom is 0.264 e. The highest BCUT2D eigenvalue weighted by Gasteiger charge is 2.25. The summed E-state index contributed by atoms with van der Waals surface area (Å²) in [5, 5.41) is 3.88. The number of hydrogen-bond acceptors (Lipinski definition) is 7. The summed E-state index contributed by atoms with van der Waals surface area (Å²) in [6, 6.07) is 21.3. The van der Waals surface area contributed by atoms with E-state index in [0.29, 0.717) is 29.3 Å². The van der Waals surface area contributed by atoms with Crippen LogP contribution in [-0.4, -0.2) is 25.1 Å². The topological polar surface area (TPSA) is 101 Å². The molecule has 1 N–H and O–H groups in total. The number of para-hydroxylation sites is 1. The second kappa shape index (κ2) is 9.50. The van der Waals surface area contributed by atoms with Crippen LogP contribution < -0.4 is 9.62 Å². The summed E-state index contributed by atoms with van der Waals surface area (Å²) in [5.74, 6) is 0.629. The molecule has 6 rings (SSSR count). The second-order valence-corrected chi connectivity index (χ2v) is 11.0. The summed E-state index contributed by atoms with van der Waals surface area (Å²) in [6.07, 6.45) is 4.12. The highest BCUT2D eigenvalue weighted by atomic mass is 32.2. The molecule has 2 aromatic heterocycles. The number of aromatic nitrogens is 2. The van der Waals surface area contributed by atoms with E-state index in [2.05, 4.69) is 38.0 Å². The monoisotopic (exact) mass is 526 g/mol. The molecule has 0 radical (unpaired) electrons. The lowest BCUT2D eigenvalue weighted by atomic mass is 9.96. The van der Waals surface area contributed by atoms with Crippen LogP contribution in [0.2, 0.25) is 0 Å². The number of fused-ring (bicyclic) bond motifs is 1. The molecule has 0 saturated heterocycles. The molecular formula is C29H26N4O4S. The highest BCUT2D eigenvalue weighted by molar-refractivity contribution is 7.92. The van der Waals surface area contributed by atoms with Crippen LogP contribution in [0.3, 0.4) is 0 Å². The Hall–Kier alpha value is -4.37. The van der Waals surface area contributed by atoms with Crippen LogP contribution in [0.25, 0.3) is 22.6 Å². The Labute approximate surface area is 221 Å². The zero-order valence-corrected chi connectivity index (χ0v) is 21.8. The molecule has 8 nitrogen and oxygen atoms in total. The zero-order chi connectivity index (χ0) is 26.3. The number of nitrogens with one attached hydrogen (secondary N) is 1. The SMILES string of the molecule is Cc1noc(NS(=O)(=O)c2ccccc2-c2ccc(-c3ncco3)cc2CN2CCc3ccccc32)c1C. The molecule has 192 valence electrons. The Bertz CT molecular complexity index is 1730. The zero-order valence-electron chi connectivity index (χ0n) is 21.0. The predicted molar refractivity (Wildman–Crippen MR) is 145 cm³/mol. The number of anilines is 2. The van der Waals surface area contributed by atoms with Gasteiger partial charge in [0.05, 0.1) is 16.8 Å². The van der Waals surface area contributed by atoms with Crippen molar-refractivity contribution in [2.24, 2.45) is 0 Å². The average molecular weight is 527 g/mol. The van der Waals surface area contributed by atoms with Gasteiger partial charge >= 0.3 is 0 Å². The van der Waals surface area contributed by atoms with Crippen molar-refractivity contribution in [3.63, 3.8) is 0 Å². The fraction of sp³-hybridized carbons (Fsp3) is 0.172. The van der Waals surface area contributed by atoms with Crippen molar-refractivity contribution in [3.8, 4) is 22.6 Å². The molecule has 0 atom stereocenters. The first kappa shape index (κ1) is 24.0. The predicted octanol–water partition coefficient (Wildman–Crippen LogP) is 5.98. The van der Waals surface area contributed by atoms with Gasteiger partial charge in [-0.15, -0.1) is 0 Å². The first-order valence-electron chi connectivity index (χ1n) is 12.3. The van der Waals surface area contributed by atoms with E-state index in [9.17, 15) is 8.42 Å². The van der Waals surface area contributed by atoms with Gasteiger partial charge in [-0.05, 0) is 61.2 Å². The number of sulfonamides is 1. The summed E-state index contributed by atoms with van der Waals surface area (Å²) in [6.45, 7) is 5.02.